The van der Waals surface area contributed by atoms with Gasteiger partial charge in [0, 0.05) is 12.1 Å². The van der Waals surface area contributed by atoms with Gasteiger partial charge in [0.15, 0.2) is 0 Å². The van der Waals surface area contributed by atoms with Gasteiger partial charge in [0.25, 0.3) is 5.91 Å². The summed E-state index contributed by atoms with van der Waals surface area (Å²) < 4.78 is 0. The van der Waals surface area contributed by atoms with Crippen molar-refractivity contribution in [2.45, 2.75) is 24.6 Å². The summed E-state index contributed by atoms with van der Waals surface area (Å²) >= 11 is 3.76. The van der Waals surface area contributed by atoms with E-state index in [1.807, 2.05) is 6.07 Å². The number of nitrogens with one attached hydrogen (secondary N) is 1. The average molecular weight is 344 g/mol. The fourth-order valence-corrected chi connectivity index (χ4v) is 3.35. The van der Waals surface area contributed by atoms with Crippen LogP contribution in [0.25, 0.3) is 0 Å². The highest BCUT2D eigenvalue weighted by molar-refractivity contribution is 9.09. The number of benzene rings is 2. The van der Waals surface area contributed by atoms with E-state index in [1.165, 1.54) is 11.1 Å². The zero-order chi connectivity index (χ0) is 14.8. The summed E-state index contributed by atoms with van der Waals surface area (Å²) in [4.78, 5) is 12.3. The number of halogens is 1. The maximum absolute atomic E-state index is 12.1. The van der Waals surface area contributed by atoms with Crippen molar-refractivity contribution < 1.29 is 4.79 Å². The van der Waals surface area contributed by atoms with Gasteiger partial charge in [0.1, 0.15) is 0 Å². The van der Waals surface area contributed by atoms with Crippen LogP contribution in [0.5, 0.6) is 0 Å². The minimum Gasteiger partial charge on any atom is -0.352 e. The lowest BCUT2D eigenvalue weighted by Gasteiger charge is -2.14. The Morgan fingerprint density at radius 2 is 1.95 bits per heavy atom. The molecule has 0 bridgehead atoms. The molecule has 1 amide bonds. The maximum atomic E-state index is 12.1. The molecule has 1 aliphatic rings. The number of fused-ring (bicyclic) bond motifs is 1. The van der Waals surface area contributed by atoms with Gasteiger partial charge in [-0.2, -0.15) is 0 Å². The molecule has 1 unspecified atom stereocenters. The molecule has 0 fully saturated rings. The van der Waals surface area contributed by atoms with Crippen LogP contribution in [0.3, 0.4) is 0 Å². The van der Waals surface area contributed by atoms with Crippen molar-refractivity contribution in [1.29, 1.82) is 0 Å². The Morgan fingerprint density at radius 1 is 1.14 bits per heavy atom. The Balaban J connectivity index is 1.98. The van der Waals surface area contributed by atoms with Gasteiger partial charge in [-0.05, 0) is 42.5 Å². The lowest BCUT2D eigenvalue weighted by atomic mass is 9.96. The lowest BCUT2D eigenvalue weighted by molar-refractivity contribution is 0.0956. The number of alkyl halides is 1. The van der Waals surface area contributed by atoms with E-state index in [4.69, 9.17) is 0 Å². The van der Waals surface area contributed by atoms with Crippen LogP contribution in [-0.4, -0.2) is 12.5 Å². The van der Waals surface area contributed by atoms with Crippen molar-refractivity contribution >= 4 is 21.8 Å². The third kappa shape index (κ3) is 3.03. The maximum Gasteiger partial charge on any atom is 0.251 e. The van der Waals surface area contributed by atoms with Gasteiger partial charge in [-0.1, -0.05) is 57.9 Å². The van der Waals surface area contributed by atoms with Crippen LogP contribution >= 0.6 is 15.9 Å². The molecule has 0 aromatic heterocycles. The van der Waals surface area contributed by atoms with E-state index in [1.54, 1.807) is 0 Å². The van der Waals surface area contributed by atoms with E-state index in [9.17, 15) is 4.79 Å². The molecule has 3 heteroatoms. The molecule has 2 aromatic rings. The first-order chi connectivity index (χ1) is 10.1. The number of aryl methyl sites for hydroxylation is 2. The summed E-state index contributed by atoms with van der Waals surface area (Å²) in [5.74, 6) is 0.0493. The van der Waals surface area contributed by atoms with Gasteiger partial charge >= 0.3 is 0 Å². The molecule has 1 heterocycles. The van der Waals surface area contributed by atoms with E-state index in [0.29, 0.717) is 0 Å². The fourth-order valence-electron chi connectivity index (χ4n) is 2.78. The van der Waals surface area contributed by atoms with Crippen LogP contribution in [0.2, 0.25) is 0 Å². The number of amides is 1. The van der Waals surface area contributed by atoms with Gasteiger partial charge in [-0.15, -0.1) is 0 Å². The monoisotopic (exact) mass is 343 g/mol. The number of rotatable bonds is 2. The predicted molar refractivity (Wildman–Crippen MR) is 89.0 cm³/mol. The topological polar surface area (TPSA) is 29.1 Å². The van der Waals surface area contributed by atoms with Crippen LogP contribution in [0, 0.1) is 6.92 Å². The average Bonchev–Trinajstić information content (AvgIpc) is 2.68. The van der Waals surface area contributed by atoms with Crippen molar-refractivity contribution in [3.8, 4) is 0 Å². The summed E-state index contributed by atoms with van der Waals surface area (Å²) in [6, 6.07) is 14.7. The Hall–Kier alpha value is -1.61. The minimum atomic E-state index is 0.0493. The first-order valence-electron chi connectivity index (χ1n) is 7.27. The molecule has 0 aliphatic carbocycles. The first kappa shape index (κ1) is 14.3. The summed E-state index contributed by atoms with van der Waals surface area (Å²) in [5, 5.41) is 2.96. The Bertz CT molecular complexity index is 681. The largest absolute Gasteiger partial charge is 0.352 e. The summed E-state index contributed by atoms with van der Waals surface area (Å²) in [5.41, 5.74) is 5.55. The third-order valence-corrected chi connectivity index (χ3v) is 4.97. The van der Waals surface area contributed by atoms with Gasteiger partial charge in [-0.3, -0.25) is 4.79 Å². The Labute approximate surface area is 133 Å². The summed E-state index contributed by atoms with van der Waals surface area (Å²) in [6.45, 7) is 2.85. The molecule has 0 radical (unpaired) electrons. The van der Waals surface area contributed by atoms with Gasteiger partial charge in [0.2, 0.25) is 0 Å². The standard InChI is InChI=1S/C18H18BrNO/c1-12-4-2-5-14(10-12)17(19)15-8-7-13-6-3-9-20-18(21)16(13)11-15/h2,4-5,7-8,10-11,17H,3,6,9H2,1H3,(H,20,21). The quantitative estimate of drug-likeness (QED) is 0.815. The second kappa shape index (κ2) is 6.02. The highest BCUT2D eigenvalue weighted by Gasteiger charge is 2.18. The molecule has 1 aliphatic heterocycles. The second-order valence-corrected chi connectivity index (χ2v) is 6.47. The molecule has 1 N–H and O–H groups in total. The highest BCUT2D eigenvalue weighted by atomic mass is 79.9. The SMILES string of the molecule is Cc1cccc(C(Br)c2ccc3c(c2)C(=O)NCCC3)c1. The zero-order valence-corrected chi connectivity index (χ0v) is 13.6. The summed E-state index contributed by atoms with van der Waals surface area (Å²) in [6.07, 6.45) is 1.97. The molecular weight excluding hydrogens is 326 g/mol. The van der Waals surface area contributed by atoms with E-state index in [0.717, 1.165) is 36.1 Å². The Morgan fingerprint density at radius 3 is 2.76 bits per heavy atom. The first-order valence-corrected chi connectivity index (χ1v) is 8.18. The number of carbonyl (C=O) groups excluding carboxylic acids is 1. The molecule has 3 rings (SSSR count). The third-order valence-electron chi connectivity index (χ3n) is 3.91. The number of hydrogen-bond donors (Lipinski definition) is 1. The number of carbonyl (C=O) groups is 1. The normalized spacial score (nSPS) is 15.8. The van der Waals surface area contributed by atoms with Crippen molar-refractivity contribution in [3.63, 3.8) is 0 Å². The molecule has 0 saturated heterocycles. The molecule has 2 nitrogen and oxygen atoms in total. The summed E-state index contributed by atoms with van der Waals surface area (Å²) in [7, 11) is 0. The number of hydrogen-bond acceptors (Lipinski definition) is 1. The fraction of sp³-hybridized carbons (Fsp3) is 0.278. The van der Waals surface area contributed by atoms with Crippen LogP contribution < -0.4 is 5.32 Å². The molecular formula is C18H18BrNO. The lowest BCUT2D eigenvalue weighted by Crippen LogP contribution is -2.22. The van der Waals surface area contributed by atoms with Crippen molar-refractivity contribution in [3.05, 3.63) is 70.3 Å². The predicted octanol–water partition coefficient (Wildman–Crippen LogP) is 4.16. The zero-order valence-electron chi connectivity index (χ0n) is 12.0. The van der Waals surface area contributed by atoms with Crippen molar-refractivity contribution in [1.82, 2.24) is 5.32 Å². The van der Waals surface area contributed by atoms with Crippen LogP contribution in [-0.2, 0) is 6.42 Å². The smallest absolute Gasteiger partial charge is 0.251 e. The second-order valence-electron chi connectivity index (χ2n) is 5.55. The molecule has 0 saturated carbocycles. The highest BCUT2D eigenvalue weighted by Crippen LogP contribution is 2.32. The van der Waals surface area contributed by atoms with Gasteiger partial charge < -0.3 is 5.32 Å². The minimum absolute atomic E-state index is 0.0493. The molecule has 0 spiro atoms. The van der Waals surface area contributed by atoms with Crippen LogP contribution in [0.4, 0.5) is 0 Å². The van der Waals surface area contributed by atoms with Gasteiger partial charge in [-0.25, -0.2) is 0 Å². The molecule has 2 aromatic carbocycles. The van der Waals surface area contributed by atoms with E-state index in [2.05, 4.69) is 64.6 Å². The van der Waals surface area contributed by atoms with Crippen molar-refractivity contribution in [2.75, 3.05) is 6.54 Å². The van der Waals surface area contributed by atoms with Crippen molar-refractivity contribution in [2.24, 2.45) is 0 Å². The van der Waals surface area contributed by atoms with Crippen LogP contribution in [0.15, 0.2) is 42.5 Å². The Kier molecular flexibility index (Phi) is 4.11. The molecule has 1 atom stereocenters. The van der Waals surface area contributed by atoms with E-state index in [-0.39, 0.29) is 10.7 Å². The van der Waals surface area contributed by atoms with Crippen LogP contribution in [0.1, 0.15) is 43.9 Å². The van der Waals surface area contributed by atoms with E-state index < -0.39 is 0 Å². The molecule has 108 valence electrons. The van der Waals surface area contributed by atoms with Gasteiger partial charge in [0.05, 0.1) is 4.83 Å². The van der Waals surface area contributed by atoms with E-state index >= 15 is 0 Å². The molecule has 21 heavy (non-hydrogen) atoms.